The fourth-order valence-corrected chi connectivity index (χ4v) is 5.80. The van der Waals surface area contributed by atoms with E-state index < -0.39 is 35.0 Å². The number of thiophene rings is 1. The molecule has 2 heterocycles. The third-order valence-electron chi connectivity index (χ3n) is 5.11. The van der Waals surface area contributed by atoms with Crippen LogP contribution in [0.5, 0.6) is 0 Å². The Hall–Kier alpha value is -2.02. The second-order valence-corrected chi connectivity index (χ2v) is 10.6. The topological polar surface area (TPSA) is 93.4 Å². The number of amides is 2. The summed E-state index contributed by atoms with van der Waals surface area (Å²) < 4.78 is 14.1. The number of carbonyl (C=O) groups excluding carboxylic acids is 1. The van der Waals surface area contributed by atoms with Crippen LogP contribution in [0.4, 0.5) is 9.18 Å². The predicted molar refractivity (Wildman–Crippen MR) is 118 cm³/mol. The van der Waals surface area contributed by atoms with Gasteiger partial charge in [-0.25, -0.2) is 9.18 Å². The fraction of sp³-hybridized carbons (Fsp3) is 0.450. The maximum atomic E-state index is 13.8. The molecule has 1 aromatic heterocycles. The van der Waals surface area contributed by atoms with E-state index in [2.05, 4.69) is 5.32 Å². The van der Waals surface area contributed by atoms with Crippen LogP contribution in [-0.2, 0) is 10.5 Å². The van der Waals surface area contributed by atoms with Crippen molar-refractivity contribution in [3.8, 4) is 6.07 Å². The lowest BCUT2D eigenvalue weighted by Gasteiger charge is -2.35. The molecular formula is C20H21ClFN3O3S2. The second-order valence-electron chi connectivity index (χ2n) is 7.64. The highest BCUT2D eigenvalue weighted by atomic mass is 35.5. The van der Waals surface area contributed by atoms with E-state index in [4.69, 9.17) is 11.6 Å². The van der Waals surface area contributed by atoms with Gasteiger partial charge < -0.3 is 15.3 Å². The summed E-state index contributed by atoms with van der Waals surface area (Å²) in [4.78, 5) is 25.7. The molecular weight excluding hydrogens is 449 g/mol. The molecule has 6 nitrogen and oxygen atoms in total. The number of hydrogen-bond donors (Lipinski definition) is 2. The Balaban J connectivity index is 1.81. The molecule has 30 heavy (non-hydrogen) atoms. The molecule has 2 aromatic rings. The standard InChI is InChI=1S/C20H21ClFN3O3S2/c1-20(2,30-10-11-9-29-16-4-3-12(21)5-15(11)16)17(24-19(27)28)18(26)25-8-13(22)6-14(25)7-23/h3-5,9,13-14,17,24H,6,8,10H2,1-2H3,(H,27,28)/t13-,14-,17+/m0/s1. The van der Waals surface area contributed by atoms with Crippen LogP contribution in [0.15, 0.2) is 23.6 Å². The second kappa shape index (κ2) is 9.00. The summed E-state index contributed by atoms with van der Waals surface area (Å²) in [6.07, 6.45) is -2.70. The zero-order valence-corrected chi connectivity index (χ0v) is 18.8. The Kier molecular flexibility index (Phi) is 6.80. The van der Waals surface area contributed by atoms with E-state index in [1.807, 2.05) is 29.6 Å². The highest BCUT2D eigenvalue weighted by Gasteiger charge is 2.44. The summed E-state index contributed by atoms with van der Waals surface area (Å²) in [7, 11) is 0. The normalized spacial score (nSPS) is 20.2. The van der Waals surface area contributed by atoms with Crippen LogP contribution in [0.25, 0.3) is 10.1 Å². The fourth-order valence-electron chi connectivity index (χ4n) is 3.49. The Bertz CT molecular complexity index is 1010. The molecule has 0 radical (unpaired) electrons. The Morgan fingerprint density at radius 2 is 2.27 bits per heavy atom. The van der Waals surface area contributed by atoms with Gasteiger partial charge in [-0.05, 0) is 48.4 Å². The number of thioether (sulfide) groups is 1. The number of halogens is 2. The SMILES string of the molecule is CC(C)(SCc1csc2ccc(Cl)cc12)[C@H](NC(=O)O)C(=O)N1C[C@@H](F)C[C@H]1C#N. The molecule has 0 spiro atoms. The predicted octanol–water partition coefficient (Wildman–Crippen LogP) is 4.67. The van der Waals surface area contributed by atoms with Gasteiger partial charge >= 0.3 is 6.09 Å². The quantitative estimate of drug-likeness (QED) is 0.641. The summed E-state index contributed by atoms with van der Waals surface area (Å²) in [6.45, 7) is 3.33. The van der Waals surface area contributed by atoms with Crippen molar-refractivity contribution in [1.29, 1.82) is 5.26 Å². The molecule has 0 saturated carbocycles. The number of likely N-dealkylation sites (tertiary alicyclic amines) is 1. The first kappa shape index (κ1) is 22.7. The number of carboxylic acid groups (broad SMARTS) is 1. The molecule has 0 aliphatic carbocycles. The highest BCUT2D eigenvalue weighted by Crippen LogP contribution is 2.37. The smallest absolute Gasteiger partial charge is 0.405 e. The minimum absolute atomic E-state index is 0.0583. The van der Waals surface area contributed by atoms with Gasteiger partial charge in [0.05, 0.1) is 12.6 Å². The van der Waals surface area contributed by atoms with Crippen molar-refractivity contribution in [1.82, 2.24) is 10.2 Å². The van der Waals surface area contributed by atoms with Gasteiger partial charge in [0.25, 0.3) is 0 Å². The Morgan fingerprint density at radius 1 is 1.53 bits per heavy atom. The van der Waals surface area contributed by atoms with Gasteiger partial charge in [0, 0.05) is 26.6 Å². The number of benzene rings is 1. The zero-order chi connectivity index (χ0) is 22.1. The molecule has 3 atom stereocenters. The highest BCUT2D eigenvalue weighted by molar-refractivity contribution is 8.00. The van der Waals surface area contributed by atoms with Gasteiger partial charge in [0.15, 0.2) is 0 Å². The van der Waals surface area contributed by atoms with Crippen LogP contribution < -0.4 is 5.32 Å². The number of hydrogen-bond acceptors (Lipinski definition) is 5. The molecule has 1 fully saturated rings. The summed E-state index contributed by atoms with van der Waals surface area (Å²) in [5.41, 5.74) is 1.04. The molecule has 160 valence electrons. The zero-order valence-electron chi connectivity index (χ0n) is 16.4. The first-order valence-electron chi connectivity index (χ1n) is 9.25. The van der Waals surface area contributed by atoms with Gasteiger partial charge in [0.2, 0.25) is 5.91 Å². The minimum atomic E-state index is -1.35. The molecule has 2 N–H and O–H groups in total. The van der Waals surface area contributed by atoms with Crippen LogP contribution in [-0.4, -0.2) is 51.6 Å². The van der Waals surface area contributed by atoms with Crippen LogP contribution in [0.3, 0.4) is 0 Å². The number of rotatable bonds is 6. The molecule has 10 heteroatoms. The van der Waals surface area contributed by atoms with E-state index >= 15 is 0 Å². The first-order valence-corrected chi connectivity index (χ1v) is 11.5. The lowest BCUT2D eigenvalue weighted by Crippen LogP contribution is -2.58. The van der Waals surface area contributed by atoms with Crippen LogP contribution in [0.1, 0.15) is 25.8 Å². The van der Waals surface area contributed by atoms with Crippen LogP contribution in [0.2, 0.25) is 5.02 Å². The van der Waals surface area contributed by atoms with E-state index in [1.165, 1.54) is 11.8 Å². The van der Waals surface area contributed by atoms with Crippen molar-refractivity contribution in [3.63, 3.8) is 0 Å². The molecule has 1 aliphatic rings. The molecule has 1 aromatic carbocycles. The largest absolute Gasteiger partial charge is 0.465 e. The number of carbonyl (C=O) groups is 2. The maximum absolute atomic E-state index is 13.8. The molecule has 3 rings (SSSR count). The molecule has 1 aliphatic heterocycles. The molecule has 1 saturated heterocycles. The van der Waals surface area contributed by atoms with E-state index in [9.17, 15) is 24.3 Å². The maximum Gasteiger partial charge on any atom is 0.405 e. The van der Waals surface area contributed by atoms with Crippen molar-refractivity contribution >= 4 is 56.8 Å². The van der Waals surface area contributed by atoms with Crippen molar-refractivity contribution in [3.05, 3.63) is 34.2 Å². The van der Waals surface area contributed by atoms with Crippen molar-refractivity contribution in [2.24, 2.45) is 0 Å². The van der Waals surface area contributed by atoms with Gasteiger partial charge in [-0.15, -0.1) is 23.1 Å². The average Bonchev–Trinajstić information content (AvgIpc) is 3.26. The number of fused-ring (bicyclic) bond motifs is 1. The number of nitriles is 1. The number of alkyl halides is 1. The third kappa shape index (κ3) is 4.82. The van der Waals surface area contributed by atoms with E-state index in [-0.39, 0.29) is 13.0 Å². The number of nitrogens with one attached hydrogen (secondary N) is 1. The monoisotopic (exact) mass is 469 g/mol. The Labute approximate surface area is 187 Å². The Morgan fingerprint density at radius 3 is 2.93 bits per heavy atom. The summed E-state index contributed by atoms with van der Waals surface area (Å²) in [5.74, 6) is -0.0499. The lowest BCUT2D eigenvalue weighted by atomic mass is 10.0. The van der Waals surface area contributed by atoms with Gasteiger partial charge in [-0.2, -0.15) is 5.26 Å². The van der Waals surface area contributed by atoms with Crippen molar-refractivity contribution in [2.75, 3.05) is 6.54 Å². The average molecular weight is 470 g/mol. The van der Waals surface area contributed by atoms with Crippen molar-refractivity contribution < 1.29 is 19.1 Å². The summed E-state index contributed by atoms with van der Waals surface area (Å²) in [5, 5.41) is 24.5. The van der Waals surface area contributed by atoms with E-state index in [1.54, 1.807) is 25.2 Å². The summed E-state index contributed by atoms with van der Waals surface area (Å²) >= 11 is 9.12. The molecule has 0 unspecified atom stereocenters. The molecule has 0 bridgehead atoms. The van der Waals surface area contributed by atoms with E-state index in [0.717, 1.165) is 20.5 Å². The first-order chi connectivity index (χ1) is 14.1. The molecule has 2 amide bonds. The van der Waals surface area contributed by atoms with Crippen molar-refractivity contribution in [2.45, 2.75) is 49.0 Å². The van der Waals surface area contributed by atoms with E-state index in [0.29, 0.717) is 10.8 Å². The lowest BCUT2D eigenvalue weighted by molar-refractivity contribution is -0.134. The van der Waals surface area contributed by atoms with Gasteiger partial charge in [-0.3, -0.25) is 4.79 Å². The summed E-state index contributed by atoms with van der Waals surface area (Å²) in [6, 6.07) is 5.57. The van der Waals surface area contributed by atoms with Gasteiger partial charge in [0.1, 0.15) is 18.3 Å². The van der Waals surface area contributed by atoms with Crippen LogP contribution in [0, 0.1) is 11.3 Å². The number of nitrogens with zero attached hydrogens (tertiary/aromatic N) is 2. The third-order valence-corrected chi connectivity index (χ3v) is 7.79. The van der Waals surface area contributed by atoms with Gasteiger partial charge in [-0.1, -0.05) is 11.6 Å². The van der Waals surface area contributed by atoms with Crippen LogP contribution >= 0.6 is 34.7 Å². The minimum Gasteiger partial charge on any atom is -0.465 e.